The molecule has 0 unspecified atom stereocenters. The molecule has 7 nitrogen and oxygen atoms in total. The lowest BCUT2D eigenvalue weighted by molar-refractivity contribution is -0.154. The number of aromatic nitrogens is 1. The van der Waals surface area contributed by atoms with E-state index in [1.807, 2.05) is 0 Å². The van der Waals surface area contributed by atoms with Crippen LogP contribution in [0.15, 0.2) is 47.2 Å². The Morgan fingerprint density at radius 1 is 1.23 bits per heavy atom. The van der Waals surface area contributed by atoms with E-state index < -0.39 is 24.6 Å². The predicted molar refractivity (Wildman–Crippen MR) is 103 cm³/mol. The van der Waals surface area contributed by atoms with E-state index in [1.54, 1.807) is 19.1 Å². The zero-order chi connectivity index (χ0) is 21.7. The summed E-state index contributed by atoms with van der Waals surface area (Å²) in [4.78, 5) is 28.7. The van der Waals surface area contributed by atoms with Gasteiger partial charge in [0.1, 0.15) is 0 Å². The zero-order valence-corrected chi connectivity index (χ0v) is 16.4. The summed E-state index contributed by atoms with van der Waals surface area (Å²) in [5, 5.41) is 5.72. The molecular formula is C19H16F3N3O4S. The summed E-state index contributed by atoms with van der Waals surface area (Å²) in [5.41, 5.74) is 0.933. The van der Waals surface area contributed by atoms with Crippen molar-refractivity contribution < 1.29 is 31.9 Å². The van der Waals surface area contributed by atoms with Crippen LogP contribution in [0.25, 0.3) is 0 Å². The van der Waals surface area contributed by atoms with Crippen LogP contribution in [0.3, 0.4) is 0 Å². The molecule has 158 valence electrons. The number of aryl methyl sites for hydroxylation is 1. The number of hydrogen-bond donors (Lipinski definition) is 2. The third-order valence-corrected chi connectivity index (χ3v) is 4.92. The van der Waals surface area contributed by atoms with Crippen molar-refractivity contribution in [2.45, 2.75) is 19.6 Å². The smallest absolute Gasteiger partial charge is 0.422 e. The number of hydrogen-bond acceptors (Lipinski definition) is 6. The van der Waals surface area contributed by atoms with Gasteiger partial charge in [-0.1, -0.05) is 6.07 Å². The molecule has 0 saturated heterocycles. The predicted octanol–water partition coefficient (Wildman–Crippen LogP) is 4.17. The number of nitrogens with one attached hydrogen (secondary N) is 2. The number of nitrogens with zero attached hydrogens (tertiary/aromatic N) is 1. The largest absolute Gasteiger partial charge is 0.468 e. The van der Waals surface area contributed by atoms with Crippen molar-refractivity contribution in [2.75, 3.05) is 11.9 Å². The Labute approximate surface area is 172 Å². The number of halogens is 3. The molecule has 0 aliphatic carbocycles. The average molecular weight is 439 g/mol. The fraction of sp³-hybridized carbons (Fsp3) is 0.211. The van der Waals surface area contributed by atoms with Crippen LogP contribution < -0.4 is 15.4 Å². The van der Waals surface area contributed by atoms with Crippen LogP contribution in [-0.2, 0) is 6.54 Å². The maximum Gasteiger partial charge on any atom is 0.422 e. The first kappa shape index (κ1) is 21.4. The summed E-state index contributed by atoms with van der Waals surface area (Å²) in [6.07, 6.45) is -1.82. The minimum absolute atomic E-state index is 0.0781. The van der Waals surface area contributed by atoms with Crippen molar-refractivity contribution in [2.24, 2.45) is 0 Å². The van der Waals surface area contributed by atoms with Gasteiger partial charge < -0.3 is 19.8 Å². The van der Waals surface area contributed by atoms with Crippen molar-refractivity contribution >= 4 is 28.2 Å². The summed E-state index contributed by atoms with van der Waals surface area (Å²) in [5.74, 6) is -0.962. The molecule has 0 aliphatic heterocycles. The van der Waals surface area contributed by atoms with Crippen LogP contribution in [0.2, 0.25) is 0 Å². The molecule has 3 heterocycles. The third kappa shape index (κ3) is 5.60. The quantitative estimate of drug-likeness (QED) is 0.577. The molecule has 0 spiro atoms. The fourth-order valence-electron chi connectivity index (χ4n) is 2.44. The van der Waals surface area contributed by atoms with E-state index in [1.165, 1.54) is 30.7 Å². The van der Waals surface area contributed by atoms with Gasteiger partial charge in [0.05, 0.1) is 16.1 Å². The standard InChI is InChI=1S/C19H16F3N3O4S/c1-11-8-14(25-16(26)13-5-3-7-28-13)30-15(11)17(27)24-9-12-4-2-6-23-18(12)29-10-19(20,21)22/h2-8H,9-10H2,1H3,(H,24,27)(H,25,26). The first-order chi connectivity index (χ1) is 14.2. The lowest BCUT2D eigenvalue weighted by atomic mass is 10.2. The first-order valence-corrected chi connectivity index (χ1v) is 9.41. The second kappa shape index (κ2) is 8.99. The lowest BCUT2D eigenvalue weighted by Crippen LogP contribution is -2.24. The Morgan fingerprint density at radius 3 is 2.73 bits per heavy atom. The maximum atomic E-state index is 12.5. The number of pyridine rings is 1. The molecule has 11 heteroatoms. The highest BCUT2D eigenvalue weighted by molar-refractivity contribution is 7.18. The second-order valence-electron chi connectivity index (χ2n) is 6.11. The van der Waals surface area contributed by atoms with Crippen LogP contribution in [0.1, 0.15) is 31.4 Å². The highest BCUT2D eigenvalue weighted by Gasteiger charge is 2.29. The van der Waals surface area contributed by atoms with Crippen LogP contribution >= 0.6 is 11.3 Å². The Morgan fingerprint density at radius 2 is 2.03 bits per heavy atom. The fourth-order valence-corrected chi connectivity index (χ4v) is 3.43. The Balaban J connectivity index is 1.63. The van der Waals surface area contributed by atoms with Gasteiger partial charge >= 0.3 is 6.18 Å². The van der Waals surface area contributed by atoms with Crippen LogP contribution in [0.4, 0.5) is 18.2 Å². The second-order valence-corrected chi connectivity index (χ2v) is 7.16. The minimum Gasteiger partial charge on any atom is -0.468 e. The monoisotopic (exact) mass is 439 g/mol. The van der Waals surface area contributed by atoms with Gasteiger partial charge in [0, 0.05) is 18.3 Å². The summed E-state index contributed by atoms with van der Waals surface area (Å²) >= 11 is 1.06. The summed E-state index contributed by atoms with van der Waals surface area (Å²) < 4.78 is 46.9. The van der Waals surface area contributed by atoms with Gasteiger partial charge in [0.15, 0.2) is 12.4 Å². The molecule has 0 radical (unpaired) electrons. The number of rotatable bonds is 7. The van der Waals surface area contributed by atoms with Crippen LogP contribution in [0.5, 0.6) is 5.88 Å². The van der Waals surface area contributed by atoms with E-state index in [4.69, 9.17) is 9.15 Å². The van der Waals surface area contributed by atoms with Gasteiger partial charge in [0.2, 0.25) is 5.88 Å². The number of amides is 2. The first-order valence-electron chi connectivity index (χ1n) is 8.60. The normalized spacial score (nSPS) is 11.2. The van der Waals surface area contributed by atoms with E-state index in [-0.39, 0.29) is 18.2 Å². The molecule has 30 heavy (non-hydrogen) atoms. The SMILES string of the molecule is Cc1cc(NC(=O)c2ccco2)sc1C(=O)NCc1cccnc1OCC(F)(F)F. The average Bonchev–Trinajstić information content (AvgIpc) is 3.34. The molecule has 0 saturated carbocycles. The van der Waals surface area contributed by atoms with E-state index in [0.29, 0.717) is 21.0 Å². The van der Waals surface area contributed by atoms with Crippen LogP contribution in [0, 0.1) is 6.92 Å². The number of ether oxygens (including phenoxy) is 1. The molecule has 0 aliphatic rings. The van der Waals surface area contributed by atoms with Gasteiger partial charge in [-0.25, -0.2) is 4.98 Å². The molecular weight excluding hydrogens is 423 g/mol. The Kier molecular flexibility index (Phi) is 6.40. The van der Waals surface area contributed by atoms with Crippen molar-refractivity contribution in [3.05, 3.63) is 64.6 Å². The summed E-state index contributed by atoms with van der Waals surface area (Å²) in [7, 11) is 0. The number of furan rings is 1. The van der Waals surface area contributed by atoms with Crippen molar-refractivity contribution in [1.29, 1.82) is 0 Å². The summed E-state index contributed by atoms with van der Waals surface area (Å²) in [6.45, 7) is 0.148. The van der Waals surface area contributed by atoms with Crippen LogP contribution in [-0.4, -0.2) is 29.6 Å². The molecule has 3 aromatic heterocycles. The Bertz CT molecular complexity index is 1030. The molecule has 0 atom stereocenters. The van der Waals surface area contributed by atoms with E-state index >= 15 is 0 Å². The van der Waals surface area contributed by atoms with Crippen molar-refractivity contribution in [3.8, 4) is 5.88 Å². The zero-order valence-electron chi connectivity index (χ0n) is 15.6. The van der Waals surface area contributed by atoms with E-state index in [9.17, 15) is 22.8 Å². The number of thiophene rings is 1. The van der Waals surface area contributed by atoms with Gasteiger partial charge in [-0.3, -0.25) is 9.59 Å². The van der Waals surface area contributed by atoms with Crippen molar-refractivity contribution in [3.63, 3.8) is 0 Å². The number of carbonyl (C=O) groups is 2. The van der Waals surface area contributed by atoms with Crippen molar-refractivity contribution in [1.82, 2.24) is 10.3 Å². The highest BCUT2D eigenvalue weighted by Crippen LogP contribution is 2.27. The molecule has 3 aromatic rings. The molecule has 3 rings (SSSR count). The third-order valence-electron chi connectivity index (χ3n) is 3.77. The van der Waals surface area contributed by atoms with Gasteiger partial charge in [0.25, 0.3) is 11.8 Å². The minimum atomic E-state index is -4.50. The van der Waals surface area contributed by atoms with Gasteiger partial charge in [-0.2, -0.15) is 13.2 Å². The number of alkyl halides is 3. The van der Waals surface area contributed by atoms with Gasteiger partial charge in [-0.15, -0.1) is 11.3 Å². The number of carbonyl (C=O) groups excluding carboxylic acids is 2. The van der Waals surface area contributed by atoms with Gasteiger partial charge in [-0.05, 0) is 36.8 Å². The molecule has 2 amide bonds. The molecule has 0 aromatic carbocycles. The number of anilines is 1. The molecule has 0 bridgehead atoms. The Hall–Kier alpha value is -3.34. The summed E-state index contributed by atoms with van der Waals surface area (Å²) in [6, 6.07) is 7.77. The topological polar surface area (TPSA) is 93.5 Å². The maximum absolute atomic E-state index is 12.5. The lowest BCUT2D eigenvalue weighted by Gasteiger charge is -2.12. The highest BCUT2D eigenvalue weighted by atomic mass is 32.1. The molecule has 0 fully saturated rings. The molecule has 2 N–H and O–H groups in total. The van der Waals surface area contributed by atoms with E-state index in [2.05, 4.69) is 15.6 Å². The van der Waals surface area contributed by atoms with E-state index in [0.717, 1.165) is 11.3 Å².